The number of fused-ring (bicyclic) bond motifs is 1. The van der Waals surface area contributed by atoms with Crippen LogP contribution in [0.5, 0.6) is 0 Å². The molecule has 6 heteroatoms. The predicted molar refractivity (Wildman–Crippen MR) is 117 cm³/mol. The molecule has 2 aromatic carbocycles. The lowest BCUT2D eigenvalue weighted by Crippen LogP contribution is -2.46. The molecule has 156 valence electrons. The normalized spacial score (nSPS) is 17.6. The largest absolute Gasteiger partial charge is 0.345 e. The van der Waals surface area contributed by atoms with E-state index >= 15 is 0 Å². The highest BCUT2D eigenvalue weighted by Gasteiger charge is 2.30. The SMILES string of the molecule is CCCC(=O)N1CCCC(C(=O)NC(c2ccccc2)c2ccc3nc[nH]c3c2)C1. The van der Waals surface area contributed by atoms with Gasteiger partial charge in [0.05, 0.1) is 29.3 Å². The van der Waals surface area contributed by atoms with Gasteiger partial charge >= 0.3 is 0 Å². The fourth-order valence-corrected chi connectivity index (χ4v) is 4.19. The summed E-state index contributed by atoms with van der Waals surface area (Å²) in [5.41, 5.74) is 3.87. The van der Waals surface area contributed by atoms with Gasteiger partial charge in [-0.3, -0.25) is 9.59 Å². The van der Waals surface area contributed by atoms with Gasteiger partial charge in [0.15, 0.2) is 0 Å². The summed E-state index contributed by atoms with van der Waals surface area (Å²) in [6.07, 6.45) is 4.73. The molecule has 1 saturated heterocycles. The summed E-state index contributed by atoms with van der Waals surface area (Å²) < 4.78 is 0. The van der Waals surface area contributed by atoms with Crippen molar-refractivity contribution in [2.75, 3.05) is 13.1 Å². The molecule has 0 aliphatic carbocycles. The zero-order chi connectivity index (χ0) is 20.9. The third-order valence-electron chi connectivity index (χ3n) is 5.81. The highest BCUT2D eigenvalue weighted by molar-refractivity contribution is 5.82. The number of carbonyl (C=O) groups excluding carboxylic acids is 2. The van der Waals surface area contributed by atoms with Crippen molar-refractivity contribution in [3.63, 3.8) is 0 Å². The van der Waals surface area contributed by atoms with E-state index in [2.05, 4.69) is 15.3 Å². The summed E-state index contributed by atoms with van der Waals surface area (Å²) in [5, 5.41) is 3.26. The number of nitrogens with one attached hydrogen (secondary N) is 2. The lowest BCUT2D eigenvalue weighted by molar-refractivity contribution is -0.135. The Labute approximate surface area is 176 Å². The first-order valence-corrected chi connectivity index (χ1v) is 10.7. The molecule has 1 aliphatic heterocycles. The number of aromatic nitrogens is 2. The molecule has 1 aliphatic rings. The summed E-state index contributed by atoms with van der Waals surface area (Å²) in [6.45, 7) is 3.26. The number of imidazole rings is 1. The molecule has 30 heavy (non-hydrogen) atoms. The number of hydrogen-bond acceptors (Lipinski definition) is 3. The molecule has 2 atom stereocenters. The fourth-order valence-electron chi connectivity index (χ4n) is 4.19. The summed E-state index contributed by atoms with van der Waals surface area (Å²) >= 11 is 0. The minimum Gasteiger partial charge on any atom is -0.345 e. The van der Waals surface area contributed by atoms with E-state index in [1.165, 1.54) is 0 Å². The highest BCUT2D eigenvalue weighted by Crippen LogP contribution is 2.26. The average Bonchev–Trinajstić information content (AvgIpc) is 3.26. The van der Waals surface area contributed by atoms with Crippen LogP contribution in [0.1, 0.15) is 49.8 Å². The van der Waals surface area contributed by atoms with Crippen LogP contribution >= 0.6 is 0 Å². The number of aromatic amines is 1. The number of benzene rings is 2. The Morgan fingerprint density at radius 2 is 2.03 bits per heavy atom. The van der Waals surface area contributed by atoms with Crippen molar-refractivity contribution in [1.29, 1.82) is 0 Å². The molecule has 2 N–H and O–H groups in total. The number of hydrogen-bond donors (Lipinski definition) is 2. The van der Waals surface area contributed by atoms with Crippen molar-refractivity contribution in [1.82, 2.24) is 20.2 Å². The van der Waals surface area contributed by atoms with Gasteiger partial charge in [0.2, 0.25) is 11.8 Å². The highest BCUT2D eigenvalue weighted by atomic mass is 16.2. The van der Waals surface area contributed by atoms with Crippen molar-refractivity contribution in [2.24, 2.45) is 5.92 Å². The first kappa shape index (κ1) is 20.1. The lowest BCUT2D eigenvalue weighted by atomic mass is 9.94. The van der Waals surface area contributed by atoms with Gasteiger partial charge in [-0.25, -0.2) is 4.98 Å². The van der Waals surface area contributed by atoms with E-state index in [9.17, 15) is 9.59 Å². The summed E-state index contributed by atoms with van der Waals surface area (Å²) in [7, 11) is 0. The second-order valence-corrected chi connectivity index (χ2v) is 7.96. The average molecular weight is 405 g/mol. The quantitative estimate of drug-likeness (QED) is 0.656. The van der Waals surface area contributed by atoms with Gasteiger partial charge in [0, 0.05) is 19.5 Å². The van der Waals surface area contributed by atoms with Crippen LogP contribution in [0, 0.1) is 5.92 Å². The third kappa shape index (κ3) is 4.37. The van der Waals surface area contributed by atoms with E-state index in [4.69, 9.17) is 0 Å². The first-order valence-electron chi connectivity index (χ1n) is 10.7. The van der Waals surface area contributed by atoms with Gasteiger partial charge < -0.3 is 15.2 Å². The standard InChI is InChI=1S/C24H28N4O2/c1-2-7-22(29)28-13-6-10-19(15-28)24(30)27-23(17-8-4-3-5-9-17)18-11-12-20-21(14-18)26-16-25-20/h3-5,8-9,11-12,14,16,19,23H,2,6-7,10,13,15H2,1H3,(H,25,26)(H,27,30). The van der Waals surface area contributed by atoms with Crippen LogP contribution in [0.4, 0.5) is 0 Å². The van der Waals surface area contributed by atoms with E-state index in [0.29, 0.717) is 13.0 Å². The van der Waals surface area contributed by atoms with E-state index < -0.39 is 0 Å². The lowest BCUT2D eigenvalue weighted by Gasteiger charge is -2.33. The first-order chi connectivity index (χ1) is 14.7. The van der Waals surface area contributed by atoms with Crippen molar-refractivity contribution in [3.8, 4) is 0 Å². The molecule has 0 radical (unpaired) electrons. The molecule has 2 amide bonds. The van der Waals surface area contributed by atoms with Crippen LogP contribution < -0.4 is 5.32 Å². The van der Waals surface area contributed by atoms with Gasteiger partial charge in [-0.2, -0.15) is 0 Å². The van der Waals surface area contributed by atoms with Crippen LogP contribution in [-0.4, -0.2) is 39.8 Å². The molecular weight excluding hydrogens is 376 g/mol. The minimum absolute atomic E-state index is 0.00237. The Balaban J connectivity index is 1.56. The Morgan fingerprint density at radius 1 is 1.20 bits per heavy atom. The number of nitrogens with zero attached hydrogens (tertiary/aromatic N) is 2. The number of amides is 2. The number of piperidine rings is 1. The maximum atomic E-state index is 13.2. The number of carbonyl (C=O) groups is 2. The fraction of sp³-hybridized carbons (Fsp3) is 0.375. The molecule has 6 nitrogen and oxygen atoms in total. The van der Waals surface area contributed by atoms with Gasteiger partial charge in [0.1, 0.15) is 0 Å². The topological polar surface area (TPSA) is 78.1 Å². The maximum Gasteiger partial charge on any atom is 0.225 e. The van der Waals surface area contributed by atoms with Crippen molar-refractivity contribution in [2.45, 2.75) is 38.6 Å². The van der Waals surface area contributed by atoms with Gasteiger partial charge in [0.25, 0.3) is 0 Å². The molecule has 2 unspecified atom stereocenters. The van der Waals surface area contributed by atoms with Crippen molar-refractivity contribution < 1.29 is 9.59 Å². The summed E-state index contributed by atoms with van der Waals surface area (Å²) in [4.78, 5) is 34.8. The summed E-state index contributed by atoms with van der Waals surface area (Å²) in [5.74, 6) is -0.0245. The number of rotatable bonds is 6. The Bertz CT molecular complexity index is 1010. The van der Waals surface area contributed by atoms with Gasteiger partial charge in [-0.1, -0.05) is 43.3 Å². The molecular formula is C24H28N4O2. The molecule has 0 spiro atoms. The van der Waals surface area contributed by atoms with E-state index in [0.717, 1.165) is 48.0 Å². The van der Waals surface area contributed by atoms with E-state index in [1.54, 1.807) is 6.33 Å². The second-order valence-electron chi connectivity index (χ2n) is 7.96. The van der Waals surface area contributed by atoms with Gasteiger partial charge in [-0.05, 0) is 42.5 Å². The molecule has 3 aromatic rings. The zero-order valence-electron chi connectivity index (χ0n) is 17.3. The van der Waals surface area contributed by atoms with Crippen LogP contribution in [0.15, 0.2) is 54.9 Å². The van der Waals surface area contributed by atoms with E-state index in [-0.39, 0.29) is 23.8 Å². The number of H-pyrrole nitrogens is 1. The zero-order valence-corrected chi connectivity index (χ0v) is 17.3. The van der Waals surface area contributed by atoms with E-state index in [1.807, 2.05) is 60.4 Å². The van der Waals surface area contributed by atoms with Crippen molar-refractivity contribution >= 4 is 22.8 Å². The molecule has 0 saturated carbocycles. The van der Waals surface area contributed by atoms with Gasteiger partial charge in [-0.15, -0.1) is 0 Å². The Kier molecular flexibility index (Phi) is 6.12. The summed E-state index contributed by atoms with van der Waals surface area (Å²) in [6, 6.07) is 15.8. The smallest absolute Gasteiger partial charge is 0.225 e. The maximum absolute atomic E-state index is 13.2. The van der Waals surface area contributed by atoms with Crippen LogP contribution in [-0.2, 0) is 9.59 Å². The van der Waals surface area contributed by atoms with Crippen molar-refractivity contribution in [3.05, 3.63) is 66.0 Å². The van der Waals surface area contributed by atoms with Crippen LogP contribution in [0.25, 0.3) is 11.0 Å². The minimum atomic E-state index is -0.256. The van der Waals surface area contributed by atoms with Crippen LogP contribution in [0.2, 0.25) is 0 Å². The second kappa shape index (κ2) is 9.11. The Morgan fingerprint density at radius 3 is 2.83 bits per heavy atom. The molecule has 1 fully saturated rings. The van der Waals surface area contributed by atoms with Crippen LogP contribution in [0.3, 0.4) is 0 Å². The molecule has 1 aromatic heterocycles. The third-order valence-corrected chi connectivity index (χ3v) is 5.81. The Hall–Kier alpha value is -3.15. The molecule has 4 rings (SSSR count). The predicted octanol–water partition coefficient (Wildman–Crippen LogP) is 3.81. The molecule has 0 bridgehead atoms. The molecule has 2 heterocycles. The monoisotopic (exact) mass is 404 g/mol. The number of likely N-dealkylation sites (tertiary alicyclic amines) is 1.